The molecule has 4 N–H and O–H groups in total. The minimum Gasteiger partial charge on any atom is -0.475 e. The number of nitrogens with zero attached hydrogens (tertiary/aromatic N) is 4. The van der Waals surface area contributed by atoms with Crippen molar-refractivity contribution in [2.24, 2.45) is 17.6 Å². The van der Waals surface area contributed by atoms with Crippen LogP contribution in [0.25, 0.3) is 0 Å². The Labute approximate surface area is 230 Å². The van der Waals surface area contributed by atoms with Crippen LogP contribution in [0.1, 0.15) is 121 Å². The first-order chi connectivity index (χ1) is 18.4. The van der Waals surface area contributed by atoms with Crippen LogP contribution in [0.15, 0.2) is 9.05 Å². The maximum atomic E-state index is 11.9. The van der Waals surface area contributed by atoms with Crippen molar-refractivity contribution >= 4 is 12.1 Å². The van der Waals surface area contributed by atoms with Crippen LogP contribution < -0.4 is 11.1 Å². The van der Waals surface area contributed by atoms with Gasteiger partial charge in [-0.25, -0.2) is 9.59 Å². The minimum atomic E-state index is -5.08. The number of ether oxygens (including phenoxy) is 1. The second-order valence-electron chi connectivity index (χ2n) is 11.5. The van der Waals surface area contributed by atoms with Crippen LogP contribution in [0.5, 0.6) is 0 Å². The molecule has 2 atom stereocenters. The Kier molecular flexibility index (Phi) is 11.1. The normalized spacial score (nSPS) is 16.8. The van der Waals surface area contributed by atoms with Crippen molar-refractivity contribution in [2.75, 3.05) is 0 Å². The van der Waals surface area contributed by atoms with Gasteiger partial charge >= 0.3 is 18.2 Å². The number of nitrogens with two attached hydrogens (primary N) is 1. The summed E-state index contributed by atoms with van der Waals surface area (Å²) in [5, 5.41) is 17.8. The fraction of sp³-hybridized carbons (Fsp3) is 0.760. The molecule has 0 saturated heterocycles. The molecular weight excluding hydrogens is 537 g/mol. The van der Waals surface area contributed by atoms with E-state index in [0.29, 0.717) is 29.5 Å². The van der Waals surface area contributed by atoms with Gasteiger partial charge in [0.2, 0.25) is 11.8 Å². The molecule has 0 unspecified atom stereocenters. The smallest absolute Gasteiger partial charge is 0.475 e. The number of carboxylic acid groups (broad SMARTS) is 1. The van der Waals surface area contributed by atoms with Crippen molar-refractivity contribution in [1.82, 2.24) is 25.6 Å². The molecule has 4 rings (SSSR count). The lowest BCUT2D eigenvalue weighted by Gasteiger charge is -2.23. The zero-order valence-electron chi connectivity index (χ0n) is 23.8. The standard InChI is InChI=1S/C14H23N3O3.C9H15N3O.C2HF3O2/c1-8(2)10(15-13(18)19-14(3,4)5)12-16-11(17-20-12)9-6-7-9;1-5(2)7(10)9-11-8(12-13-9)6-3-4-6;3-2(4,5)1(6)7/h8-10H,6-7H2,1-5H3,(H,15,18);5-7H,3-4,10H2,1-2H3;(H,6,7)/t10-;7-;/m00./s1. The summed E-state index contributed by atoms with van der Waals surface area (Å²) < 4.78 is 47.4. The number of aromatic nitrogens is 4. The Hall–Kier alpha value is -3.23. The van der Waals surface area contributed by atoms with Crippen LogP contribution in [0, 0.1) is 11.8 Å². The van der Waals surface area contributed by atoms with Gasteiger partial charge in [-0.15, -0.1) is 0 Å². The number of alkyl halides is 3. The molecule has 2 saturated carbocycles. The van der Waals surface area contributed by atoms with E-state index >= 15 is 0 Å². The van der Waals surface area contributed by atoms with Crippen molar-refractivity contribution in [3.05, 3.63) is 23.4 Å². The zero-order chi connectivity index (χ0) is 30.4. The molecule has 2 heterocycles. The summed E-state index contributed by atoms with van der Waals surface area (Å²) in [6, 6.07) is -0.454. The zero-order valence-corrected chi connectivity index (χ0v) is 23.8. The molecule has 12 nitrogen and oxygen atoms in total. The van der Waals surface area contributed by atoms with Crippen molar-refractivity contribution < 1.29 is 41.6 Å². The van der Waals surface area contributed by atoms with Gasteiger partial charge in [-0.3, -0.25) is 0 Å². The van der Waals surface area contributed by atoms with Gasteiger partial charge in [-0.2, -0.15) is 23.1 Å². The molecule has 2 aliphatic carbocycles. The van der Waals surface area contributed by atoms with Gasteiger partial charge in [0.25, 0.3) is 0 Å². The van der Waals surface area contributed by atoms with Gasteiger partial charge in [-0.1, -0.05) is 38.0 Å². The first kappa shape index (κ1) is 33.0. The third kappa shape index (κ3) is 11.1. The molecule has 226 valence electrons. The molecule has 40 heavy (non-hydrogen) atoms. The molecule has 2 fully saturated rings. The van der Waals surface area contributed by atoms with E-state index in [1.807, 2.05) is 48.5 Å². The van der Waals surface area contributed by atoms with Crippen molar-refractivity contribution in [3.8, 4) is 0 Å². The minimum absolute atomic E-state index is 0.125. The van der Waals surface area contributed by atoms with Crippen LogP contribution in [0.4, 0.5) is 18.0 Å². The second kappa shape index (κ2) is 13.4. The summed E-state index contributed by atoms with van der Waals surface area (Å²) in [4.78, 5) is 29.5. The molecule has 2 aliphatic rings. The number of carbonyl (C=O) groups excluding carboxylic acids is 1. The van der Waals surface area contributed by atoms with E-state index in [9.17, 15) is 18.0 Å². The number of aliphatic carboxylic acids is 1. The third-order valence-corrected chi connectivity index (χ3v) is 5.65. The van der Waals surface area contributed by atoms with Crippen molar-refractivity contribution in [2.45, 2.75) is 110 Å². The number of hydrogen-bond donors (Lipinski definition) is 3. The van der Waals surface area contributed by atoms with Crippen molar-refractivity contribution in [3.63, 3.8) is 0 Å². The van der Waals surface area contributed by atoms with Gasteiger partial charge in [-0.05, 0) is 58.3 Å². The maximum absolute atomic E-state index is 11.9. The molecule has 2 aromatic rings. The number of nitrogens with one attached hydrogen (secondary N) is 1. The Balaban J connectivity index is 0.000000239. The highest BCUT2D eigenvalue weighted by molar-refractivity contribution is 5.73. The number of amides is 1. The van der Waals surface area contributed by atoms with Crippen LogP contribution >= 0.6 is 0 Å². The van der Waals surface area contributed by atoms with Gasteiger partial charge in [0, 0.05) is 11.8 Å². The van der Waals surface area contributed by atoms with E-state index in [1.165, 1.54) is 12.8 Å². The summed E-state index contributed by atoms with van der Waals surface area (Å²) in [6.07, 6.45) is -0.941. The molecule has 0 bridgehead atoms. The average Bonchev–Trinajstić information content (AvgIpc) is 3.75. The summed E-state index contributed by atoms with van der Waals surface area (Å²) >= 11 is 0. The van der Waals surface area contributed by atoms with E-state index in [2.05, 4.69) is 25.6 Å². The van der Waals surface area contributed by atoms with Gasteiger partial charge in [0.1, 0.15) is 11.6 Å². The highest BCUT2D eigenvalue weighted by Crippen LogP contribution is 2.39. The van der Waals surface area contributed by atoms with Gasteiger partial charge in [0.15, 0.2) is 11.6 Å². The third-order valence-electron chi connectivity index (χ3n) is 5.65. The van der Waals surface area contributed by atoms with Crippen molar-refractivity contribution in [1.29, 1.82) is 0 Å². The summed E-state index contributed by atoms with van der Waals surface area (Å²) in [5.74, 6) is 1.31. The summed E-state index contributed by atoms with van der Waals surface area (Å²) in [7, 11) is 0. The average molecular weight is 577 g/mol. The van der Waals surface area contributed by atoms with E-state index in [4.69, 9.17) is 29.4 Å². The number of carboxylic acids is 1. The molecule has 0 aromatic carbocycles. The molecular formula is C25H39F3N6O6. The second-order valence-corrected chi connectivity index (χ2v) is 11.5. The Morgan fingerprint density at radius 1 is 0.925 bits per heavy atom. The number of rotatable bonds is 7. The number of hydrogen-bond acceptors (Lipinski definition) is 10. The van der Waals surface area contributed by atoms with Crippen LogP contribution in [-0.2, 0) is 9.53 Å². The topological polar surface area (TPSA) is 179 Å². The number of halogens is 3. The van der Waals surface area contributed by atoms with E-state index in [0.717, 1.165) is 24.5 Å². The first-order valence-corrected chi connectivity index (χ1v) is 13.1. The van der Waals surface area contributed by atoms with Gasteiger partial charge < -0.3 is 29.9 Å². The molecule has 1 amide bonds. The quantitative estimate of drug-likeness (QED) is 0.384. The maximum Gasteiger partial charge on any atom is 0.490 e. The van der Waals surface area contributed by atoms with E-state index in [1.54, 1.807) is 0 Å². The van der Waals surface area contributed by atoms with Crippen LogP contribution in [0.2, 0.25) is 0 Å². The number of carbonyl (C=O) groups is 2. The lowest BCUT2D eigenvalue weighted by Crippen LogP contribution is -2.37. The molecule has 2 aromatic heterocycles. The fourth-order valence-corrected chi connectivity index (χ4v) is 3.00. The highest BCUT2D eigenvalue weighted by atomic mass is 19.4. The SMILES string of the molecule is CC(C)[C@H](N)c1nc(C2CC2)no1.CC(C)[C@H](NC(=O)OC(C)(C)C)c1nc(C2CC2)no1.O=C(O)C(F)(F)F. The molecule has 0 radical (unpaired) electrons. The summed E-state index contributed by atoms with van der Waals surface area (Å²) in [6.45, 7) is 13.6. The Bertz CT molecular complexity index is 1100. The van der Waals surface area contributed by atoms with Crippen LogP contribution in [0.3, 0.4) is 0 Å². The molecule has 0 aliphatic heterocycles. The fourth-order valence-electron chi connectivity index (χ4n) is 3.00. The lowest BCUT2D eigenvalue weighted by atomic mass is 10.0. The van der Waals surface area contributed by atoms with E-state index in [-0.39, 0.29) is 18.0 Å². The molecule has 15 heteroatoms. The Morgan fingerprint density at radius 2 is 1.35 bits per heavy atom. The number of alkyl carbamates (subject to hydrolysis) is 1. The van der Waals surface area contributed by atoms with Crippen LogP contribution in [-0.4, -0.2) is 49.2 Å². The van der Waals surface area contributed by atoms with Gasteiger partial charge in [0.05, 0.1) is 6.04 Å². The summed E-state index contributed by atoms with van der Waals surface area (Å²) in [5.41, 5.74) is 5.35. The molecule has 0 spiro atoms. The van der Waals surface area contributed by atoms with E-state index < -0.39 is 23.8 Å². The Morgan fingerprint density at radius 3 is 1.70 bits per heavy atom. The predicted octanol–water partition coefficient (Wildman–Crippen LogP) is 5.40. The lowest BCUT2D eigenvalue weighted by molar-refractivity contribution is -0.192. The first-order valence-electron chi connectivity index (χ1n) is 13.1. The monoisotopic (exact) mass is 576 g/mol. The largest absolute Gasteiger partial charge is 0.490 e. The highest BCUT2D eigenvalue weighted by Gasteiger charge is 2.38. The predicted molar refractivity (Wildman–Crippen MR) is 135 cm³/mol.